The van der Waals surface area contributed by atoms with Crippen LogP contribution >= 0.6 is 0 Å². The van der Waals surface area contributed by atoms with Gasteiger partial charge in [-0.15, -0.1) is 0 Å². The van der Waals surface area contributed by atoms with Crippen LogP contribution in [0.5, 0.6) is 0 Å². The minimum absolute atomic E-state index is 0.0251. The number of halogens is 4. The first kappa shape index (κ1) is 18.6. The van der Waals surface area contributed by atoms with Gasteiger partial charge in [0.1, 0.15) is 5.82 Å². The van der Waals surface area contributed by atoms with Crippen LogP contribution in [0.4, 0.5) is 17.6 Å². The van der Waals surface area contributed by atoms with Gasteiger partial charge in [0.15, 0.2) is 9.84 Å². The van der Waals surface area contributed by atoms with Crippen molar-refractivity contribution in [1.29, 1.82) is 0 Å². The Bertz CT molecular complexity index is 751. The zero-order valence-electron chi connectivity index (χ0n) is 13.8. The van der Waals surface area contributed by atoms with E-state index in [9.17, 15) is 26.0 Å². The second-order valence-electron chi connectivity index (χ2n) is 6.61. The summed E-state index contributed by atoms with van der Waals surface area (Å²) in [6.07, 6.45) is -4.57. The van der Waals surface area contributed by atoms with Crippen LogP contribution in [-0.2, 0) is 22.6 Å². The molecule has 25 heavy (non-hydrogen) atoms. The molecule has 2 fully saturated rings. The molecule has 0 N–H and O–H groups in total. The molecule has 3 rings (SSSR count). The van der Waals surface area contributed by atoms with Gasteiger partial charge in [0.05, 0.1) is 17.1 Å². The van der Waals surface area contributed by atoms with E-state index < -0.39 is 27.4 Å². The lowest BCUT2D eigenvalue weighted by atomic mass is 10.0. The Morgan fingerprint density at radius 2 is 1.72 bits per heavy atom. The van der Waals surface area contributed by atoms with E-state index in [2.05, 4.69) is 4.90 Å². The van der Waals surface area contributed by atoms with E-state index >= 15 is 0 Å². The minimum atomic E-state index is -4.57. The first-order valence-corrected chi connectivity index (χ1v) is 9.97. The molecule has 2 atom stereocenters. The van der Waals surface area contributed by atoms with Crippen molar-refractivity contribution in [2.24, 2.45) is 0 Å². The maximum absolute atomic E-state index is 13.5. The van der Waals surface area contributed by atoms with Gasteiger partial charge in [0, 0.05) is 31.7 Å². The largest absolute Gasteiger partial charge is 0.416 e. The number of benzene rings is 1. The summed E-state index contributed by atoms with van der Waals surface area (Å²) >= 11 is 0. The monoisotopic (exact) mass is 380 g/mol. The third kappa shape index (κ3) is 3.83. The second kappa shape index (κ2) is 6.51. The van der Waals surface area contributed by atoms with Gasteiger partial charge in [0.2, 0.25) is 0 Å². The van der Waals surface area contributed by atoms with Crippen LogP contribution in [0.3, 0.4) is 0 Å². The molecular formula is C16H20F4N2O2S. The summed E-state index contributed by atoms with van der Waals surface area (Å²) in [5.74, 6) is -0.770. The molecule has 4 nitrogen and oxygen atoms in total. The number of rotatable bonds is 3. The van der Waals surface area contributed by atoms with Crippen molar-refractivity contribution in [3.05, 3.63) is 35.1 Å². The first-order chi connectivity index (χ1) is 11.6. The smallest absolute Gasteiger partial charge is 0.297 e. The van der Waals surface area contributed by atoms with Crippen LogP contribution < -0.4 is 0 Å². The Balaban J connectivity index is 1.90. The molecule has 0 spiro atoms. The Morgan fingerprint density at radius 3 is 2.32 bits per heavy atom. The van der Waals surface area contributed by atoms with Crippen LogP contribution in [0.2, 0.25) is 0 Å². The fourth-order valence-electron chi connectivity index (χ4n) is 3.87. The Hall–Kier alpha value is -1.19. The molecule has 0 aromatic heterocycles. The lowest BCUT2D eigenvalue weighted by Gasteiger charge is -2.43. The molecule has 2 aliphatic heterocycles. The molecule has 1 aromatic carbocycles. The summed E-state index contributed by atoms with van der Waals surface area (Å²) < 4.78 is 77.2. The predicted molar refractivity (Wildman–Crippen MR) is 85.3 cm³/mol. The average Bonchev–Trinajstić information content (AvgIpc) is 2.82. The highest BCUT2D eigenvalue weighted by atomic mass is 32.2. The summed E-state index contributed by atoms with van der Waals surface area (Å²) in [5.41, 5.74) is -1.02. The maximum atomic E-state index is 13.5. The van der Waals surface area contributed by atoms with Crippen molar-refractivity contribution in [2.75, 3.05) is 31.1 Å². The molecular weight excluding hydrogens is 360 g/mol. The van der Waals surface area contributed by atoms with Gasteiger partial charge in [-0.25, -0.2) is 12.8 Å². The van der Waals surface area contributed by atoms with E-state index in [4.69, 9.17) is 0 Å². The zero-order valence-corrected chi connectivity index (χ0v) is 14.6. The number of fused-ring (bicyclic) bond motifs is 1. The lowest BCUT2D eigenvalue weighted by Crippen LogP contribution is -2.58. The highest BCUT2D eigenvalue weighted by Crippen LogP contribution is 2.34. The topological polar surface area (TPSA) is 40.6 Å². The molecule has 0 amide bonds. The Kier molecular flexibility index (Phi) is 4.85. The number of sulfone groups is 1. The van der Waals surface area contributed by atoms with Gasteiger partial charge in [-0.3, -0.25) is 9.80 Å². The van der Waals surface area contributed by atoms with E-state index in [1.165, 1.54) is 0 Å². The standard InChI is InChI=1S/C16H20F4N2O2S/c1-2-21-5-6-22(15-10-25(23,24)9-14(15)21)8-11-7-12(17)3-4-13(11)16(18,19)20/h3-4,7,14-15H,2,5-6,8-10H2,1H3/t14-,15+/m0/s1. The third-order valence-electron chi connectivity index (χ3n) is 5.06. The van der Waals surface area contributed by atoms with Crippen molar-refractivity contribution in [3.63, 3.8) is 0 Å². The van der Waals surface area contributed by atoms with Crippen molar-refractivity contribution in [1.82, 2.24) is 9.80 Å². The highest BCUT2D eigenvalue weighted by molar-refractivity contribution is 7.91. The third-order valence-corrected chi connectivity index (χ3v) is 6.76. The molecule has 2 saturated heterocycles. The molecule has 0 radical (unpaired) electrons. The number of alkyl halides is 3. The molecule has 0 saturated carbocycles. The number of hydrogen-bond acceptors (Lipinski definition) is 4. The zero-order chi connectivity index (χ0) is 18.4. The minimum Gasteiger partial charge on any atom is -0.297 e. The summed E-state index contributed by atoms with van der Waals surface area (Å²) in [7, 11) is -3.22. The van der Waals surface area contributed by atoms with Gasteiger partial charge in [-0.1, -0.05) is 6.92 Å². The molecule has 0 bridgehead atoms. The highest BCUT2D eigenvalue weighted by Gasteiger charge is 2.46. The average molecular weight is 380 g/mol. The van der Waals surface area contributed by atoms with Crippen molar-refractivity contribution < 1.29 is 26.0 Å². The summed E-state index contributed by atoms with van der Waals surface area (Å²) in [5, 5.41) is 0. The molecule has 1 aromatic rings. The Labute approximate surface area is 144 Å². The Morgan fingerprint density at radius 1 is 1.12 bits per heavy atom. The van der Waals surface area contributed by atoms with E-state index in [0.717, 1.165) is 18.2 Å². The van der Waals surface area contributed by atoms with Crippen LogP contribution in [0.1, 0.15) is 18.1 Å². The first-order valence-electron chi connectivity index (χ1n) is 8.15. The van der Waals surface area contributed by atoms with E-state index in [0.29, 0.717) is 19.6 Å². The normalized spacial score (nSPS) is 27.4. The number of nitrogens with zero attached hydrogens (tertiary/aromatic N) is 2. The summed E-state index contributed by atoms with van der Waals surface area (Å²) in [4.78, 5) is 3.81. The van der Waals surface area contributed by atoms with Crippen LogP contribution in [0, 0.1) is 5.82 Å². The molecule has 0 aliphatic carbocycles. The molecule has 140 valence electrons. The summed E-state index contributed by atoms with van der Waals surface area (Å²) in [6.45, 7) is 3.56. The van der Waals surface area contributed by atoms with Crippen molar-refractivity contribution >= 4 is 9.84 Å². The van der Waals surface area contributed by atoms with Gasteiger partial charge < -0.3 is 0 Å². The van der Waals surface area contributed by atoms with Crippen molar-refractivity contribution in [3.8, 4) is 0 Å². The van der Waals surface area contributed by atoms with E-state index in [1.807, 2.05) is 6.92 Å². The lowest BCUT2D eigenvalue weighted by molar-refractivity contribution is -0.138. The predicted octanol–water partition coefficient (Wildman–Crippen LogP) is 2.15. The fraction of sp³-hybridized carbons (Fsp3) is 0.625. The van der Waals surface area contributed by atoms with Gasteiger partial charge in [-0.2, -0.15) is 13.2 Å². The number of likely N-dealkylation sites (N-methyl/N-ethyl adjacent to an activating group) is 1. The SMILES string of the molecule is CCN1CCN(Cc2cc(F)ccc2C(F)(F)F)[C@@H]2CS(=O)(=O)C[C@@H]21. The van der Waals surface area contributed by atoms with Crippen molar-refractivity contribution in [2.45, 2.75) is 31.7 Å². The number of hydrogen-bond donors (Lipinski definition) is 0. The summed E-state index contributed by atoms with van der Waals surface area (Å²) in [6, 6.07) is 1.86. The molecule has 0 unspecified atom stereocenters. The van der Waals surface area contributed by atoms with Gasteiger partial charge >= 0.3 is 6.18 Å². The van der Waals surface area contributed by atoms with Gasteiger partial charge in [0.25, 0.3) is 0 Å². The molecule has 9 heteroatoms. The van der Waals surface area contributed by atoms with Crippen LogP contribution in [0.25, 0.3) is 0 Å². The fourth-order valence-corrected chi connectivity index (χ4v) is 5.92. The quantitative estimate of drug-likeness (QED) is 0.754. The second-order valence-corrected chi connectivity index (χ2v) is 8.76. The van der Waals surface area contributed by atoms with Gasteiger partial charge in [-0.05, 0) is 30.3 Å². The van der Waals surface area contributed by atoms with E-state index in [-0.39, 0.29) is 35.7 Å². The maximum Gasteiger partial charge on any atom is 0.416 e. The van der Waals surface area contributed by atoms with Crippen LogP contribution in [-0.4, -0.2) is 61.4 Å². The molecule has 2 aliphatic rings. The number of piperazine rings is 1. The van der Waals surface area contributed by atoms with E-state index in [1.54, 1.807) is 4.90 Å². The van der Waals surface area contributed by atoms with Crippen LogP contribution in [0.15, 0.2) is 18.2 Å². The molecule has 2 heterocycles.